The van der Waals surface area contributed by atoms with Crippen molar-refractivity contribution in [2.24, 2.45) is 0 Å². The Labute approximate surface area is 242 Å². The molecule has 0 aliphatic carbocycles. The van der Waals surface area contributed by atoms with Crippen LogP contribution in [0.4, 0.5) is 0 Å². The molecule has 0 spiro atoms. The van der Waals surface area contributed by atoms with Crippen molar-refractivity contribution in [3.05, 3.63) is 157 Å². The predicted octanol–water partition coefficient (Wildman–Crippen LogP) is 8.30. The fourth-order valence-electron chi connectivity index (χ4n) is 3.96. The van der Waals surface area contributed by atoms with Crippen LogP contribution in [0.2, 0.25) is 0 Å². The maximum atomic E-state index is 8.82. The van der Waals surface area contributed by atoms with Crippen molar-refractivity contribution < 1.29 is 20.1 Å². The van der Waals surface area contributed by atoms with Gasteiger partial charge in [-0.15, -0.1) is 71.3 Å². The molecule has 4 heteroatoms. The molecule has 0 amide bonds. The van der Waals surface area contributed by atoms with Crippen molar-refractivity contribution in [3.63, 3.8) is 0 Å². The van der Waals surface area contributed by atoms with Gasteiger partial charge < -0.3 is 4.98 Å². The van der Waals surface area contributed by atoms with E-state index in [1.54, 1.807) is 18.3 Å². The van der Waals surface area contributed by atoms with E-state index in [9.17, 15) is 0 Å². The Morgan fingerprint density at radius 2 is 1.26 bits per heavy atom. The van der Waals surface area contributed by atoms with Crippen LogP contribution < -0.4 is 0 Å². The van der Waals surface area contributed by atoms with Crippen LogP contribution in [0.5, 0.6) is 0 Å². The monoisotopic (exact) mass is 678 g/mol. The van der Waals surface area contributed by atoms with E-state index < -0.39 is 0 Å². The summed E-state index contributed by atoms with van der Waals surface area (Å²) in [5.74, 6) is 0. The molecule has 6 rings (SSSR count). The number of pyridine rings is 2. The molecule has 6 aromatic rings. The summed E-state index contributed by atoms with van der Waals surface area (Å²) in [5.41, 5.74) is 8.80. The first kappa shape index (κ1) is 27.4. The first-order chi connectivity index (χ1) is 18.8. The van der Waals surface area contributed by atoms with Crippen LogP contribution in [0.25, 0.3) is 44.9 Å². The van der Waals surface area contributed by atoms with Crippen LogP contribution in [0, 0.1) is 23.5 Å². The molecule has 0 saturated carbocycles. The molecule has 0 atom stereocenters. The Morgan fingerprint density at radius 1 is 0.538 bits per heavy atom. The maximum Gasteiger partial charge on any atom is 0.0991 e. The number of nitriles is 1. The SMILES string of the molecule is N#Cc1ccc(-c2cccc(-c3[c-]cccc3)n2)cc1.[Ir].[c-]1ccc(-c2ccccc2)cc1-c1ccccn1. The van der Waals surface area contributed by atoms with Gasteiger partial charge in [0.2, 0.25) is 0 Å². The topological polar surface area (TPSA) is 49.6 Å². The number of hydrogen-bond acceptors (Lipinski definition) is 3. The van der Waals surface area contributed by atoms with E-state index in [-0.39, 0.29) is 20.1 Å². The Morgan fingerprint density at radius 3 is 1.97 bits per heavy atom. The van der Waals surface area contributed by atoms with E-state index >= 15 is 0 Å². The molecular weight excluding hydrogens is 655 g/mol. The van der Waals surface area contributed by atoms with E-state index in [0.717, 1.165) is 33.8 Å². The van der Waals surface area contributed by atoms with Gasteiger partial charge in [0.25, 0.3) is 0 Å². The molecule has 0 N–H and O–H groups in total. The summed E-state index contributed by atoms with van der Waals surface area (Å²) >= 11 is 0. The molecule has 2 heterocycles. The van der Waals surface area contributed by atoms with E-state index in [2.05, 4.69) is 52.4 Å². The number of nitrogens with zero attached hydrogens (tertiary/aromatic N) is 3. The zero-order chi connectivity index (χ0) is 26.0. The van der Waals surface area contributed by atoms with Crippen LogP contribution in [0.15, 0.2) is 140 Å². The minimum absolute atomic E-state index is 0. The normalized spacial score (nSPS) is 9.82. The second-order valence-electron chi connectivity index (χ2n) is 8.45. The van der Waals surface area contributed by atoms with E-state index in [1.165, 1.54) is 11.1 Å². The summed E-state index contributed by atoms with van der Waals surface area (Å²) in [6, 6.07) is 52.1. The first-order valence-electron chi connectivity index (χ1n) is 12.2. The summed E-state index contributed by atoms with van der Waals surface area (Å²) < 4.78 is 0. The molecule has 0 saturated heterocycles. The van der Waals surface area contributed by atoms with Gasteiger partial charge in [0.15, 0.2) is 0 Å². The van der Waals surface area contributed by atoms with Crippen molar-refractivity contribution in [2.75, 3.05) is 0 Å². The van der Waals surface area contributed by atoms with E-state index in [0.29, 0.717) is 5.56 Å². The number of hydrogen-bond donors (Lipinski definition) is 0. The molecule has 39 heavy (non-hydrogen) atoms. The molecule has 189 valence electrons. The van der Waals surface area contributed by atoms with Gasteiger partial charge in [-0.1, -0.05) is 66.7 Å². The molecule has 0 aliphatic rings. The molecule has 0 unspecified atom stereocenters. The predicted molar refractivity (Wildman–Crippen MR) is 153 cm³/mol. The van der Waals surface area contributed by atoms with Crippen molar-refractivity contribution in [2.45, 2.75) is 0 Å². The van der Waals surface area contributed by atoms with Crippen molar-refractivity contribution >= 4 is 0 Å². The Bertz CT molecular complexity index is 1590. The van der Waals surface area contributed by atoms with Gasteiger partial charge in [-0.25, -0.2) is 0 Å². The van der Waals surface area contributed by atoms with Gasteiger partial charge >= 0.3 is 0 Å². The van der Waals surface area contributed by atoms with Crippen LogP contribution in [-0.4, -0.2) is 9.97 Å². The average Bonchev–Trinajstić information content (AvgIpc) is 3.03. The summed E-state index contributed by atoms with van der Waals surface area (Å²) in [6.45, 7) is 0. The molecule has 0 bridgehead atoms. The second-order valence-corrected chi connectivity index (χ2v) is 8.45. The van der Waals surface area contributed by atoms with E-state index in [4.69, 9.17) is 5.26 Å². The Kier molecular flexibility index (Phi) is 9.64. The summed E-state index contributed by atoms with van der Waals surface area (Å²) in [4.78, 5) is 9.01. The zero-order valence-electron chi connectivity index (χ0n) is 21.0. The third kappa shape index (κ3) is 7.21. The molecule has 0 fully saturated rings. The summed E-state index contributed by atoms with van der Waals surface area (Å²) in [7, 11) is 0. The first-order valence-corrected chi connectivity index (χ1v) is 12.2. The molecule has 0 aliphatic heterocycles. The van der Waals surface area contributed by atoms with Crippen LogP contribution in [0.3, 0.4) is 0 Å². The Balaban J connectivity index is 0.000000177. The number of benzene rings is 4. The smallest absolute Gasteiger partial charge is 0.0991 e. The molecule has 1 radical (unpaired) electrons. The third-order valence-corrected chi connectivity index (χ3v) is 5.89. The van der Waals surface area contributed by atoms with Gasteiger partial charge in [-0.05, 0) is 46.8 Å². The second kappa shape index (κ2) is 13.7. The third-order valence-electron chi connectivity index (χ3n) is 5.89. The summed E-state index contributed by atoms with van der Waals surface area (Å²) in [6.07, 6.45) is 1.80. The van der Waals surface area contributed by atoms with Gasteiger partial charge in [-0.3, -0.25) is 4.98 Å². The van der Waals surface area contributed by atoms with Crippen molar-refractivity contribution in [1.29, 1.82) is 5.26 Å². The zero-order valence-corrected chi connectivity index (χ0v) is 23.3. The average molecular weight is 678 g/mol. The van der Waals surface area contributed by atoms with Gasteiger partial charge in [0, 0.05) is 26.3 Å². The molecule has 4 aromatic carbocycles. The molecule has 3 nitrogen and oxygen atoms in total. The minimum atomic E-state index is 0. The van der Waals surface area contributed by atoms with Crippen LogP contribution >= 0.6 is 0 Å². The van der Waals surface area contributed by atoms with Crippen LogP contribution in [-0.2, 0) is 20.1 Å². The fourth-order valence-corrected chi connectivity index (χ4v) is 3.96. The maximum absolute atomic E-state index is 8.82. The van der Waals surface area contributed by atoms with Crippen LogP contribution in [0.1, 0.15) is 5.56 Å². The minimum Gasteiger partial charge on any atom is -0.305 e. The Hall–Kier alpha value is -4.68. The fraction of sp³-hybridized carbons (Fsp3) is 0. The molecule has 2 aromatic heterocycles. The van der Waals surface area contributed by atoms with E-state index in [1.807, 2.05) is 97.1 Å². The number of rotatable bonds is 4. The molecular formula is C35H23IrN3-2. The van der Waals surface area contributed by atoms with Gasteiger partial charge in [-0.2, -0.15) is 5.26 Å². The van der Waals surface area contributed by atoms with Crippen molar-refractivity contribution in [3.8, 4) is 51.0 Å². The quantitative estimate of drug-likeness (QED) is 0.177. The van der Waals surface area contributed by atoms with Gasteiger partial charge in [0.05, 0.1) is 17.3 Å². The van der Waals surface area contributed by atoms with Crippen molar-refractivity contribution in [1.82, 2.24) is 9.97 Å². The van der Waals surface area contributed by atoms with Gasteiger partial charge in [0.1, 0.15) is 0 Å². The number of aromatic nitrogens is 2. The summed E-state index contributed by atoms with van der Waals surface area (Å²) in [5, 5.41) is 8.82. The standard InChI is InChI=1S/C18H11N2.C17H12N.Ir/c19-13-14-9-11-16(12-10-14)18-8-4-7-17(20-18)15-5-2-1-3-6-15;1-2-7-14(8-3-1)15-9-6-10-16(13-15)17-11-4-5-12-18-17;/h1-5,7-12H;1-9,11-13H;/q2*-1;. The largest absolute Gasteiger partial charge is 0.305 e.